The van der Waals surface area contributed by atoms with Gasteiger partial charge in [-0.25, -0.2) is 13.3 Å². The molecule has 6 nitrogen and oxygen atoms in total. The first-order valence-corrected chi connectivity index (χ1v) is 12.0. The van der Waals surface area contributed by atoms with Crippen molar-refractivity contribution in [1.82, 2.24) is 9.78 Å². The van der Waals surface area contributed by atoms with E-state index in [4.69, 9.17) is 0 Å². The Morgan fingerprint density at radius 3 is 2.48 bits per heavy atom. The van der Waals surface area contributed by atoms with Crippen molar-refractivity contribution >= 4 is 27.7 Å². The van der Waals surface area contributed by atoms with Gasteiger partial charge in [0.15, 0.2) is 11.0 Å². The normalized spacial score (nSPS) is 12.2. The van der Waals surface area contributed by atoms with Gasteiger partial charge in [-0.2, -0.15) is 5.10 Å². The molecule has 2 heterocycles. The third-order valence-corrected chi connectivity index (χ3v) is 6.09. The summed E-state index contributed by atoms with van der Waals surface area (Å²) in [6, 6.07) is 15.5. The van der Waals surface area contributed by atoms with Crippen LogP contribution in [-0.4, -0.2) is 19.2 Å². The highest BCUT2D eigenvalue weighted by atomic mass is 32.2. The second-order valence-electron chi connectivity index (χ2n) is 8.41. The fourth-order valence-electron chi connectivity index (χ4n) is 3.53. The zero-order valence-corrected chi connectivity index (χ0v) is 20.6. The van der Waals surface area contributed by atoms with Crippen LogP contribution in [0.3, 0.4) is 0 Å². The van der Waals surface area contributed by atoms with Gasteiger partial charge in [-0.15, -0.1) is 0 Å². The van der Waals surface area contributed by atoms with Crippen LogP contribution >= 0.6 is 0 Å². The van der Waals surface area contributed by atoms with Gasteiger partial charge in [0.1, 0.15) is 11.6 Å². The summed E-state index contributed by atoms with van der Waals surface area (Å²) in [7, 11) is -1.69. The number of nitrogens with one attached hydrogen (secondary N) is 1. The van der Waals surface area contributed by atoms with E-state index in [0.29, 0.717) is 27.5 Å². The van der Waals surface area contributed by atoms with Crippen molar-refractivity contribution in [2.75, 3.05) is 4.72 Å². The third-order valence-electron chi connectivity index (χ3n) is 5.02. The van der Waals surface area contributed by atoms with Crippen molar-refractivity contribution in [3.05, 3.63) is 77.9 Å². The minimum absolute atomic E-state index is 0.335. The van der Waals surface area contributed by atoms with Gasteiger partial charge >= 0.3 is 0 Å². The third kappa shape index (κ3) is 5.06. The quantitative estimate of drug-likeness (QED) is 0.308. The topological polar surface area (TPSA) is 71.0 Å². The second-order valence-corrected chi connectivity index (χ2v) is 9.62. The van der Waals surface area contributed by atoms with Gasteiger partial charge in [-0.3, -0.25) is 9.93 Å². The molecule has 33 heavy (non-hydrogen) atoms. The Morgan fingerprint density at radius 1 is 1.09 bits per heavy atom. The van der Waals surface area contributed by atoms with Gasteiger partial charge in [0, 0.05) is 22.9 Å². The van der Waals surface area contributed by atoms with E-state index in [9.17, 15) is 13.8 Å². The number of pyridine rings is 1. The van der Waals surface area contributed by atoms with Crippen molar-refractivity contribution in [3.8, 4) is 5.69 Å². The van der Waals surface area contributed by atoms with Gasteiger partial charge in [-0.1, -0.05) is 46.8 Å². The van der Waals surface area contributed by atoms with E-state index in [1.165, 1.54) is 6.07 Å². The average Bonchev–Trinajstić information content (AvgIpc) is 3.13. The maximum atomic E-state index is 14.6. The van der Waals surface area contributed by atoms with Crippen LogP contribution in [0.4, 0.5) is 10.2 Å². The molecule has 0 radical (unpaired) electrons. The number of hydrogen-bond donors (Lipinski definition) is 2. The zero-order chi connectivity index (χ0) is 24.3. The Labute approximate surface area is 196 Å². The maximum Gasteiger partial charge on any atom is 0.266 e. The number of rotatable bonds is 4. The lowest BCUT2D eigenvalue weighted by molar-refractivity contribution is -0.884. The Morgan fingerprint density at radius 2 is 1.82 bits per heavy atom. The Kier molecular flexibility index (Phi) is 7.17. The molecule has 174 valence electrons. The van der Waals surface area contributed by atoms with Crippen LogP contribution < -0.4 is 9.45 Å². The van der Waals surface area contributed by atoms with Crippen molar-refractivity contribution in [1.29, 1.82) is 0 Å². The summed E-state index contributed by atoms with van der Waals surface area (Å²) in [5.41, 5.74) is 2.27. The molecule has 1 unspecified atom stereocenters. The summed E-state index contributed by atoms with van der Waals surface area (Å²) in [6.45, 7) is 11.6. The standard InChI is InChI=1S/C23H24FN4O2S.C2H6/c1-15-13-22(26-31(30)16-10-11-18(19(24)14-16)23(2,3)4)28(25-15)21-9-5-8-20-17(21)7-6-12-27(20)29;1-2/h5-14,26,29H,1-4H3;1-2H3/q+1;. The molecule has 0 saturated heterocycles. The molecule has 0 amide bonds. The smallest absolute Gasteiger partial charge is 0.266 e. The van der Waals surface area contributed by atoms with Crippen molar-refractivity contribution in [2.45, 2.75) is 51.9 Å². The van der Waals surface area contributed by atoms with Crippen LogP contribution in [0.5, 0.6) is 0 Å². The molecule has 2 aromatic carbocycles. The van der Waals surface area contributed by atoms with Gasteiger partial charge in [0.05, 0.1) is 21.7 Å². The number of anilines is 1. The van der Waals surface area contributed by atoms with Crippen molar-refractivity contribution in [3.63, 3.8) is 0 Å². The molecular weight excluding hydrogens is 439 g/mol. The van der Waals surface area contributed by atoms with E-state index < -0.39 is 11.0 Å². The first-order chi connectivity index (χ1) is 15.6. The largest absolute Gasteiger partial charge is 0.285 e. The molecule has 0 aliphatic carbocycles. The molecule has 0 aliphatic rings. The van der Waals surface area contributed by atoms with Crippen molar-refractivity contribution < 1.29 is 18.5 Å². The first-order valence-electron chi connectivity index (χ1n) is 10.8. The summed E-state index contributed by atoms with van der Waals surface area (Å²) < 4.78 is 33.2. The Hall–Kier alpha value is -3.26. The van der Waals surface area contributed by atoms with Gasteiger partial charge in [0.25, 0.3) is 5.52 Å². The van der Waals surface area contributed by atoms with Crippen molar-refractivity contribution in [2.24, 2.45) is 0 Å². The lowest BCUT2D eigenvalue weighted by Crippen LogP contribution is -2.30. The number of aromatic nitrogens is 3. The van der Waals surface area contributed by atoms with E-state index in [-0.39, 0.29) is 11.2 Å². The van der Waals surface area contributed by atoms with Crippen LogP contribution in [-0.2, 0) is 16.4 Å². The molecule has 0 saturated carbocycles. The molecule has 2 aromatic heterocycles. The second kappa shape index (κ2) is 9.70. The lowest BCUT2D eigenvalue weighted by Gasteiger charge is -2.20. The molecular formula is C25H30FN4O2S+. The number of halogens is 1. The minimum atomic E-state index is -1.69. The summed E-state index contributed by atoms with van der Waals surface area (Å²) in [5, 5.41) is 15.4. The number of aryl methyl sites for hydroxylation is 1. The van der Waals surface area contributed by atoms with Gasteiger partial charge in [-0.05, 0) is 42.2 Å². The average molecular weight is 470 g/mol. The number of benzene rings is 2. The van der Waals surface area contributed by atoms with E-state index in [1.54, 1.807) is 41.2 Å². The predicted molar refractivity (Wildman–Crippen MR) is 130 cm³/mol. The van der Waals surface area contributed by atoms with Gasteiger partial charge in [0.2, 0.25) is 6.20 Å². The van der Waals surface area contributed by atoms with Gasteiger partial charge < -0.3 is 0 Å². The molecule has 0 spiro atoms. The minimum Gasteiger partial charge on any atom is -0.285 e. The molecule has 4 rings (SSSR count). The lowest BCUT2D eigenvalue weighted by atomic mass is 9.87. The van der Waals surface area contributed by atoms with E-state index in [1.807, 2.05) is 59.7 Å². The molecule has 2 N–H and O–H groups in total. The first kappa shape index (κ1) is 24.4. The molecule has 0 fully saturated rings. The zero-order valence-electron chi connectivity index (χ0n) is 19.8. The highest BCUT2D eigenvalue weighted by Crippen LogP contribution is 2.28. The summed E-state index contributed by atoms with van der Waals surface area (Å²) in [5.74, 6) is 0.114. The fraction of sp³-hybridized carbons (Fsp3) is 0.280. The molecule has 8 heteroatoms. The molecule has 1 atom stereocenters. The molecule has 4 aromatic rings. The van der Waals surface area contributed by atoms with E-state index >= 15 is 0 Å². The van der Waals surface area contributed by atoms with Crippen LogP contribution in [0.15, 0.2) is 65.7 Å². The van der Waals surface area contributed by atoms with E-state index in [0.717, 1.165) is 15.8 Å². The molecule has 0 bridgehead atoms. The Balaban J connectivity index is 0.00000149. The van der Waals surface area contributed by atoms with Crippen LogP contribution in [0, 0.1) is 12.7 Å². The Bertz CT molecular complexity index is 1310. The van der Waals surface area contributed by atoms with E-state index in [2.05, 4.69) is 9.82 Å². The number of hydrogen-bond acceptors (Lipinski definition) is 3. The predicted octanol–water partition coefficient (Wildman–Crippen LogP) is 5.46. The summed E-state index contributed by atoms with van der Waals surface area (Å²) >= 11 is 0. The highest BCUT2D eigenvalue weighted by molar-refractivity contribution is 7.86. The summed E-state index contributed by atoms with van der Waals surface area (Å²) in [4.78, 5) is 0.335. The number of fused-ring (bicyclic) bond motifs is 1. The maximum absolute atomic E-state index is 14.6. The summed E-state index contributed by atoms with van der Waals surface area (Å²) in [6.07, 6.45) is 1.55. The molecule has 0 aliphatic heterocycles. The number of nitrogens with zero attached hydrogens (tertiary/aromatic N) is 3. The fourth-order valence-corrected chi connectivity index (χ4v) is 4.38. The van der Waals surface area contributed by atoms with Crippen LogP contribution in [0.2, 0.25) is 0 Å². The highest BCUT2D eigenvalue weighted by Gasteiger charge is 2.21. The monoisotopic (exact) mass is 469 g/mol. The van der Waals surface area contributed by atoms with Crippen LogP contribution in [0.25, 0.3) is 16.6 Å². The SMILES string of the molecule is CC.Cc1cc(NS(=O)c2ccc(C(C)(C)C)c(F)c2)n(-c2cccc3c2ccc[n+]3O)n1. The van der Waals surface area contributed by atoms with Crippen LogP contribution in [0.1, 0.15) is 45.9 Å².